The zero-order valence-corrected chi connectivity index (χ0v) is 11.0. The number of aromatic nitrogens is 1. The Kier molecular flexibility index (Phi) is 4.05. The number of hydrogen-bond acceptors (Lipinski definition) is 4. The van der Waals surface area contributed by atoms with Crippen molar-refractivity contribution in [1.82, 2.24) is 10.3 Å². The molecule has 20 heavy (non-hydrogen) atoms. The molecule has 0 unspecified atom stereocenters. The molecule has 1 heterocycles. The molecular formula is C14H15N3O3. The molecule has 1 amide bonds. The van der Waals surface area contributed by atoms with Gasteiger partial charge in [0.25, 0.3) is 5.91 Å². The van der Waals surface area contributed by atoms with Gasteiger partial charge < -0.3 is 20.8 Å². The molecule has 4 N–H and O–H groups in total. The van der Waals surface area contributed by atoms with Crippen molar-refractivity contribution in [2.45, 2.75) is 6.54 Å². The first-order chi connectivity index (χ1) is 9.60. The van der Waals surface area contributed by atoms with Crippen LogP contribution in [-0.4, -0.2) is 18.0 Å². The highest BCUT2D eigenvalue weighted by molar-refractivity contribution is 5.93. The number of aromatic amines is 1. The lowest BCUT2D eigenvalue weighted by Gasteiger charge is -2.10. The number of rotatable bonds is 4. The summed E-state index contributed by atoms with van der Waals surface area (Å²) in [6.45, 7) is 0.284. The van der Waals surface area contributed by atoms with Gasteiger partial charge in [0, 0.05) is 30.1 Å². The molecule has 1 aromatic heterocycles. The molecule has 2 aromatic rings. The number of nitrogen functional groups attached to an aromatic ring is 1. The second-order valence-corrected chi connectivity index (χ2v) is 4.20. The summed E-state index contributed by atoms with van der Waals surface area (Å²) in [5.74, 6) is 0.367. The van der Waals surface area contributed by atoms with Crippen LogP contribution in [-0.2, 0) is 6.54 Å². The summed E-state index contributed by atoms with van der Waals surface area (Å²) in [5.41, 5.74) is 7.22. The van der Waals surface area contributed by atoms with Gasteiger partial charge in [-0.3, -0.25) is 9.59 Å². The zero-order valence-electron chi connectivity index (χ0n) is 11.0. The van der Waals surface area contributed by atoms with E-state index in [0.29, 0.717) is 17.0 Å². The standard InChI is InChI=1S/C14H15N3O3/c1-20-12-4-3-11(15)6-10(12)8-17-14(19)9-2-5-13(18)16-7-9/h2-7H,8,15H2,1H3,(H,16,18)(H,17,19). The molecule has 2 rings (SSSR count). The molecule has 0 saturated carbocycles. The molecule has 0 aliphatic heterocycles. The van der Waals surface area contributed by atoms with Crippen LogP contribution in [0, 0.1) is 0 Å². The van der Waals surface area contributed by atoms with Gasteiger partial charge in [-0.2, -0.15) is 0 Å². The fraction of sp³-hybridized carbons (Fsp3) is 0.143. The van der Waals surface area contributed by atoms with Crippen molar-refractivity contribution >= 4 is 11.6 Å². The van der Waals surface area contributed by atoms with Gasteiger partial charge in [0.05, 0.1) is 12.7 Å². The Hall–Kier alpha value is -2.76. The Bertz CT molecular complexity index is 659. The lowest BCUT2D eigenvalue weighted by Crippen LogP contribution is -2.24. The number of H-pyrrole nitrogens is 1. The van der Waals surface area contributed by atoms with E-state index in [0.717, 1.165) is 5.56 Å². The number of nitrogens with one attached hydrogen (secondary N) is 2. The van der Waals surface area contributed by atoms with Gasteiger partial charge in [-0.1, -0.05) is 0 Å². The number of amides is 1. The number of methoxy groups -OCH3 is 1. The van der Waals surface area contributed by atoms with Crippen LogP contribution >= 0.6 is 0 Å². The van der Waals surface area contributed by atoms with E-state index in [2.05, 4.69) is 10.3 Å². The van der Waals surface area contributed by atoms with Crippen LogP contribution in [0.2, 0.25) is 0 Å². The average Bonchev–Trinajstić information content (AvgIpc) is 2.45. The molecule has 0 aliphatic carbocycles. The quantitative estimate of drug-likeness (QED) is 0.721. The highest BCUT2D eigenvalue weighted by atomic mass is 16.5. The van der Waals surface area contributed by atoms with Crippen LogP contribution in [0.15, 0.2) is 41.3 Å². The summed E-state index contributed by atoms with van der Waals surface area (Å²) in [7, 11) is 1.55. The minimum absolute atomic E-state index is 0.251. The van der Waals surface area contributed by atoms with Gasteiger partial charge in [-0.25, -0.2) is 0 Å². The van der Waals surface area contributed by atoms with Gasteiger partial charge in [0.15, 0.2) is 0 Å². The topological polar surface area (TPSA) is 97.2 Å². The number of hydrogen-bond donors (Lipinski definition) is 3. The number of benzene rings is 1. The SMILES string of the molecule is COc1ccc(N)cc1CNC(=O)c1ccc(=O)[nH]c1. The van der Waals surface area contributed by atoms with Gasteiger partial charge in [-0.05, 0) is 24.3 Å². The van der Waals surface area contributed by atoms with Crippen LogP contribution in [0.3, 0.4) is 0 Å². The number of pyridine rings is 1. The van der Waals surface area contributed by atoms with E-state index in [-0.39, 0.29) is 18.0 Å². The molecule has 0 spiro atoms. The zero-order chi connectivity index (χ0) is 14.5. The molecule has 0 bridgehead atoms. The summed E-state index contributed by atoms with van der Waals surface area (Å²) >= 11 is 0. The fourth-order valence-electron chi connectivity index (χ4n) is 1.77. The Morgan fingerprint density at radius 1 is 1.35 bits per heavy atom. The Morgan fingerprint density at radius 2 is 2.15 bits per heavy atom. The third-order valence-electron chi connectivity index (χ3n) is 2.79. The van der Waals surface area contributed by atoms with E-state index in [9.17, 15) is 9.59 Å². The maximum atomic E-state index is 11.9. The Labute approximate surface area is 115 Å². The molecule has 104 valence electrons. The predicted octanol–water partition coefficient (Wildman–Crippen LogP) is 0.896. The summed E-state index contributed by atoms with van der Waals surface area (Å²) in [6, 6.07) is 7.98. The minimum Gasteiger partial charge on any atom is -0.496 e. The fourth-order valence-corrected chi connectivity index (χ4v) is 1.77. The number of nitrogens with two attached hydrogens (primary N) is 1. The molecule has 0 saturated heterocycles. The first-order valence-electron chi connectivity index (χ1n) is 5.99. The van der Waals surface area contributed by atoms with Crippen molar-refractivity contribution in [2.75, 3.05) is 12.8 Å². The predicted molar refractivity (Wildman–Crippen MR) is 75.6 cm³/mol. The molecule has 0 radical (unpaired) electrons. The molecule has 0 aliphatic rings. The number of carbonyl (C=O) groups excluding carboxylic acids is 1. The van der Waals surface area contributed by atoms with Gasteiger partial charge in [0.1, 0.15) is 5.75 Å². The lowest BCUT2D eigenvalue weighted by atomic mass is 10.1. The first-order valence-corrected chi connectivity index (χ1v) is 5.99. The highest BCUT2D eigenvalue weighted by Gasteiger charge is 2.08. The lowest BCUT2D eigenvalue weighted by molar-refractivity contribution is 0.0950. The molecular weight excluding hydrogens is 258 g/mol. The van der Waals surface area contributed by atoms with Crippen LogP contribution in [0.5, 0.6) is 5.75 Å². The number of ether oxygens (including phenoxy) is 1. The van der Waals surface area contributed by atoms with Gasteiger partial charge in [-0.15, -0.1) is 0 Å². The smallest absolute Gasteiger partial charge is 0.253 e. The molecule has 6 nitrogen and oxygen atoms in total. The van der Waals surface area contributed by atoms with Crippen molar-refractivity contribution < 1.29 is 9.53 Å². The minimum atomic E-state index is -0.286. The molecule has 6 heteroatoms. The Balaban J connectivity index is 2.08. The molecule has 0 fully saturated rings. The van der Waals surface area contributed by atoms with E-state index in [4.69, 9.17) is 10.5 Å². The van der Waals surface area contributed by atoms with E-state index in [1.807, 2.05) is 0 Å². The van der Waals surface area contributed by atoms with Crippen molar-refractivity contribution in [3.05, 3.63) is 58.0 Å². The van der Waals surface area contributed by atoms with Crippen molar-refractivity contribution in [2.24, 2.45) is 0 Å². The number of carbonyl (C=O) groups is 1. The van der Waals surface area contributed by atoms with E-state index >= 15 is 0 Å². The second-order valence-electron chi connectivity index (χ2n) is 4.20. The largest absolute Gasteiger partial charge is 0.496 e. The van der Waals surface area contributed by atoms with Crippen LogP contribution in [0.25, 0.3) is 0 Å². The van der Waals surface area contributed by atoms with Crippen molar-refractivity contribution in [3.8, 4) is 5.75 Å². The average molecular weight is 273 g/mol. The summed E-state index contributed by atoms with van der Waals surface area (Å²) in [6.07, 6.45) is 1.37. The molecule has 1 aromatic carbocycles. The third kappa shape index (κ3) is 3.17. The maximum Gasteiger partial charge on any atom is 0.253 e. The van der Waals surface area contributed by atoms with Crippen LogP contribution in [0.1, 0.15) is 15.9 Å². The molecule has 0 atom stereocenters. The Morgan fingerprint density at radius 3 is 2.80 bits per heavy atom. The van der Waals surface area contributed by atoms with Crippen molar-refractivity contribution in [3.63, 3.8) is 0 Å². The first kappa shape index (κ1) is 13.7. The number of anilines is 1. The summed E-state index contributed by atoms with van der Waals surface area (Å²) in [5, 5.41) is 2.74. The highest BCUT2D eigenvalue weighted by Crippen LogP contribution is 2.20. The van der Waals surface area contributed by atoms with Gasteiger partial charge in [0.2, 0.25) is 5.56 Å². The van der Waals surface area contributed by atoms with E-state index in [1.165, 1.54) is 18.3 Å². The third-order valence-corrected chi connectivity index (χ3v) is 2.79. The van der Waals surface area contributed by atoms with Crippen molar-refractivity contribution in [1.29, 1.82) is 0 Å². The van der Waals surface area contributed by atoms with E-state index < -0.39 is 0 Å². The van der Waals surface area contributed by atoms with Gasteiger partial charge >= 0.3 is 0 Å². The maximum absolute atomic E-state index is 11.9. The monoisotopic (exact) mass is 273 g/mol. The normalized spacial score (nSPS) is 10.1. The second kappa shape index (κ2) is 5.92. The van der Waals surface area contributed by atoms with Crippen LogP contribution in [0.4, 0.5) is 5.69 Å². The van der Waals surface area contributed by atoms with Crippen LogP contribution < -0.4 is 21.3 Å². The van der Waals surface area contributed by atoms with E-state index in [1.54, 1.807) is 25.3 Å². The summed E-state index contributed by atoms with van der Waals surface area (Å²) < 4.78 is 5.20. The summed E-state index contributed by atoms with van der Waals surface area (Å²) in [4.78, 5) is 25.3.